The average molecular weight is 585 g/mol. The van der Waals surface area contributed by atoms with Crippen LogP contribution >= 0.6 is 23.2 Å². The van der Waals surface area contributed by atoms with Gasteiger partial charge >= 0.3 is 0 Å². The highest BCUT2D eigenvalue weighted by molar-refractivity contribution is 6.35. The van der Waals surface area contributed by atoms with Crippen molar-refractivity contribution in [3.63, 3.8) is 0 Å². The van der Waals surface area contributed by atoms with Crippen LogP contribution in [0, 0.1) is 23.2 Å². The minimum Gasteiger partial charge on any atom is -0.349 e. The van der Waals surface area contributed by atoms with Crippen molar-refractivity contribution in [2.45, 2.75) is 72.0 Å². The third-order valence-electron chi connectivity index (χ3n) is 9.59. The molecule has 2 aromatic carbocycles. The zero-order chi connectivity index (χ0) is 28.6. The molecule has 0 aromatic heterocycles. The first-order chi connectivity index (χ1) is 19.0. The Labute approximate surface area is 249 Å². The first-order valence-electron chi connectivity index (χ1n) is 14.7. The molecule has 0 spiro atoms. The van der Waals surface area contributed by atoms with Gasteiger partial charge in [-0.05, 0) is 98.2 Å². The van der Waals surface area contributed by atoms with Crippen molar-refractivity contribution in [2.24, 2.45) is 28.2 Å². The molecule has 1 unspecified atom stereocenters. The van der Waals surface area contributed by atoms with Crippen LogP contribution in [0.4, 0.5) is 5.69 Å². The highest BCUT2D eigenvalue weighted by Gasteiger charge is 2.56. The van der Waals surface area contributed by atoms with Crippen molar-refractivity contribution in [3.8, 4) is 0 Å². The molecule has 6 rings (SSSR count). The van der Waals surface area contributed by atoms with Crippen LogP contribution in [0.2, 0.25) is 10.0 Å². The largest absolute Gasteiger partial charge is 0.349 e. The molecule has 0 radical (unpaired) electrons. The highest BCUT2D eigenvalue weighted by atomic mass is 35.5. The molecule has 4 fully saturated rings. The lowest BCUT2D eigenvalue weighted by Gasteiger charge is -2.61. The Bertz CT molecular complexity index is 1250. The van der Waals surface area contributed by atoms with Crippen molar-refractivity contribution < 1.29 is 4.79 Å². The van der Waals surface area contributed by atoms with Gasteiger partial charge in [-0.15, -0.1) is 0 Å². The Morgan fingerprint density at radius 3 is 2.55 bits per heavy atom. The van der Waals surface area contributed by atoms with E-state index in [-0.39, 0.29) is 11.9 Å². The summed E-state index contributed by atoms with van der Waals surface area (Å²) in [7, 11) is 0. The number of nitrogens with zero attached hydrogens (tertiary/aromatic N) is 2. The SMILES string of the molecule is CC(Cc1ccc(Cl)cc1Cl)NC(=O)c1ccc(N/C(=N/[C@H]2C[C@H]3C[C@@H]([C@@H]2C)C3(C)C)N2CCN[C@@H](C)C2)cc1. The molecule has 216 valence electrons. The van der Waals surface area contributed by atoms with Gasteiger partial charge in [-0.25, -0.2) is 4.99 Å². The predicted molar refractivity (Wildman–Crippen MR) is 167 cm³/mol. The Hall–Kier alpha value is -2.28. The summed E-state index contributed by atoms with van der Waals surface area (Å²) in [5, 5.41) is 11.5. The van der Waals surface area contributed by atoms with E-state index in [9.17, 15) is 4.79 Å². The number of hydrogen-bond donors (Lipinski definition) is 3. The Morgan fingerprint density at radius 1 is 1.15 bits per heavy atom. The molecular formula is C32H43Cl2N5O. The van der Waals surface area contributed by atoms with Gasteiger partial charge in [0.25, 0.3) is 5.91 Å². The van der Waals surface area contributed by atoms with E-state index in [1.165, 1.54) is 6.42 Å². The molecule has 2 aromatic rings. The first kappa shape index (κ1) is 29.2. The van der Waals surface area contributed by atoms with Crippen LogP contribution in [0.25, 0.3) is 0 Å². The van der Waals surface area contributed by atoms with E-state index >= 15 is 0 Å². The zero-order valence-electron chi connectivity index (χ0n) is 24.3. The van der Waals surface area contributed by atoms with Crippen LogP contribution in [0.5, 0.6) is 0 Å². The topological polar surface area (TPSA) is 68.8 Å². The smallest absolute Gasteiger partial charge is 0.251 e. The number of guanidine groups is 1. The standard InChI is InChI=1S/C32H43Cl2N5O/c1-19(14-23-6-9-25(33)17-28(23)34)36-30(40)22-7-10-26(11-8-22)37-31(39-13-12-35-20(2)18-39)38-29-16-24-15-27(21(29)3)32(24,4)5/h6-11,17,19-21,24,27,29,35H,12-16,18H2,1-5H3,(H,36,40)(H,37,38)/t19?,20-,21-,24+,27-,29-/m0/s1. The molecule has 6 atom stereocenters. The maximum atomic E-state index is 13.0. The minimum atomic E-state index is -0.105. The molecule has 6 nitrogen and oxygen atoms in total. The number of amides is 1. The quantitative estimate of drug-likeness (QED) is 0.268. The summed E-state index contributed by atoms with van der Waals surface area (Å²) in [5.41, 5.74) is 2.96. The first-order valence-corrected chi connectivity index (χ1v) is 15.4. The normalized spacial score (nSPS) is 28.4. The number of anilines is 1. The maximum Gasteiger partial charge on any atom is 0.251 e. The molecule has 3 N–H and O–H groups in total. The molecular weight excluding hydrogens is 541 g/mol. The molecule has 40 heavy (non-hydrogen) atoms. The van der Waals surface area contributed by atoms with Crippen molar-refractivity contribution in [1.82, 2.24) is 15.5 Å². The summed E-state index contributed by atoms with van der Waals surface area (Å²) in [6.45, 7) is 14.2. The fraction of sp³-hybridized carbons (Fsp3) is 0.562. The van der Waals surface area contributed by atoms with E-state index in [4.69, 9.17) is 28.2 Å². The second-order valence-electron chi connectivity index (χ2n) is 12.8. The Balaban J connectivity index is 1.25. The van der Waals surface area contributed by atoms with Crippen LogP contribution in [0.3, 0.4) is 0 Å². The summed E-state index contributed by atoms with van der Waals surface area (Å²) in [6.07, 6.45) is 3.14. The van der Waals surface area contributed by atoms with Crippen LogP contribution in [0.15, 0.2) is 47.5 Å². The van der Waals surface area contributed by atoms with Gasteiger partial charge < -0.3 is 20.9 Å². The number of fused-ring (bicyclic) bond motifs is 2. The van der Waals surface area contributed by atoms with E-state index in [1.807, 2.05) is 43.3 Å². The molecule has 3 saturated carbocycles. The van der Waals surface area contributed by atoms with Gasteiger partial charge in [-0.2, -0.15) is 0 Å². The number of piperazine rings is 1. The molecule has 1 saturated heterocycles. The number of hydrogen-bond acceptors (Lipinski definition) is 3. The lowest BCUT2D eigenvalue weighted by atomic mass is 9.45. The van der Waals surface area contributed by atoms with Gasteiger partial charge in [0.05, 0.1) is 6.04 Å². The third kappa shape index (κ3) is 6.29. The predicted octanol–water partition coefficient (Wildman–Crippen LogP) is 6.49. The fourth-order valence-corrected chi connectivity index (χ4v) is 7.46. The summed E-state index contributed by atoms with van der Waals surface area (Å²) in [5.74, 6) is 2.94. The van der Waals surface area contributed by atoms with E-state index in [0.29, 0.717) is 45.4 Å². The lowest BCUT2D eigenvalue weighted by Crippen LogP contribution is -2.57. The van der Waals surface area contributed by atoms with Gasteiger partial charge in [0, 0.05) is 53.0 Å². The van der Waals surface area contributed by atoms with E-state index in [0.717, 1.165) is 55.1 Å². The number of carbonyl (C=O) groups excluding carboxylic acids is 1. The summed E-state index contributed by atoms with van der Waals surface area (Å²) >= 11 is 12.3. The number of nitrogens with one attached hydrogen (secondary N) is 3. The van der Waals surface area contributed by atoms with Crippen LogP contribution in [-0.4, -0.2) is 54.5 Å². The van der Waals surface area contributed by atoms with Gasteiger partial charge in [0.2, 0.25) is 0 Å². The summed E-state index contributed by atoms with van der Waals surface area (Å²) in [4.78, 5) is 20.7. The van der Waals surface area contributed by atoms with E-state index in [1.54, 1.807) is 6.07 Å². The highest BCUT2D eigenvalue weighted by Crippen LogP contribution is 2.61. The second-order valence-corrected chi connectivity index (χ2v) is 13.6. The van der Waals surface area contributed by atoms with Crippen LogP contribution in [0.1, 0.15) is 63.4 Å². The average Bonchev–Trinajstić information content (AvgIpc) is 2.91. The monoisotopic (exact) mass is 583 g/mol. The number of rotatable bonds is 6. The van der Waals surface area contributed by atoms with Gasteiger partial charge in [-0.1, -0.05) is 50.0 Å². The minimum absolute atomic E-state index is 0.0777. The van der Waals surface area contributed by atoms with Crippen LogP contribution < -0.4 is 16.0 Å². The molecule has 1 amide bonds. The molecule has 8 heteroatoms. The molecule has 2 bridgehead atoms. The molecule has 3 aliphatic carbocycles. The zero-order valence-corrected chi connectivity index (χ0v) is 25.8. The Kier molecular flexibility index (Phi) is 8.70. The number of halogens is 2. The fourth-order valence-electron chi connectivity index (χ4n) is 6.98. The second kappa shape index (κ2) is 11.9. The van der Waals surface area contributed by atoms with E-state index in [2.05, 4.69) is 48.5 Å². The van der Waals surface area contributed by atoms with Gasteiger partial charge in [-0.3, -0.25) is 4.79 Å². The number of carbonyl (C=O) groups is 1. The summed E-state index contributed by atoms with van der Waals surface area (Å²) < 4.78 is 0. The number of benzene rings is 2. The van der Waals surface area contributed by atoms with Crippen LogP contribution in [-0.2, 0) is 6.42 Å². The van der Waals surface area contributed by atoms with Crippen molar-refractivity contribution >= 4 is 40.8 Å². The van der Waals surface area contributed by atoms with Crippen molar-refractivity contribution in [1.29, 1.82) is 0 Å². The van der Waals surface area contributed by atoms with Crippen molar-refractivity contribution in [2.75, 3.05) is 25.0 Å². The molecule has 4 aliphatic rings. The maximum absolute atomic E-state index is 13.0. The van der Waals surface area contributed by atoms with Crippen molar-refractivity contribution in [3.05, 3.63) is 63.6 Å². The molecule has 1 heterocycles. The third-order valence-corrected chi connectivity index (χ3v) is 10.2. The summed E-state index contributed by atoms with van der Waals surface area (Å²) in [6, 6.07) is 13.8. The van der Waals surface area contributed by atoms with Gasteiger partial charge in [0.15, 0.2) is 5.96 Å². The lowest BCUT2D eigenvalue weighted by molar-refractivity contribution is -0.108. The number of aliphatic imine (C=N–C) groups is 1. The van der Waals surface area contributed by atoms with E-state index < -0.39 is 0 Å². The Morgan fingerprint density at radius 2 is 1.90 bits per heavy atom. The van der Waals surface area contributed by atoms with Gasteiger partial charge in [0.1, 0.15) is 0 Å². The molecule has 1 aliphatic heterocycles.